The third-order valence-electron chi connectivity index (χ3n) is 3.19. The van der Waals surface area contributed by atoms with Crippen molar-refractivity contribution < 1.29 is 0 Å². The molecule has 0 aliphatic heterocycles. The summed E-state index contributed by atoms with van der Waals surface area (Å²) in [7, 11) is 4.20. The minimum Gasteiger partial charge on any atom is -0.340 e. The number of nitrogens with one attached hydrogen (secondary N) is 1. The van der Waals surface area contributed by atoms with Gasteiger partial charge in [0.05, 0.1) is 0 Å². The summed E-state index contributed by atoms with van der Waals surface area (Å²) in [4.78, 5) is 4.54. The summed E-state index contributed by atoms with van der Waals surface area (Å²) in [6.07, 6.45) is 3.58. The fourth-order valence-corrected chi connectivity index (χ4v) is 2.36. The smallest absolute Gasteiger partial charge is 0.226 e. The third kappa shape index (κ3) is 3.11. The van der Waals surface area contributed by atoms with E-state index in [2.05, 4.69) is 45.6 Å². The van der Waals surface area contributed by atoms with Crippen molar-refractivity contribution in [3.05, 3.63) is 4.77 Å². The second-order valence-electron chi connectivity index (χ2n) is 5.22. The molecule has 1 aromatic rings. The van der Waals surface area contributed by atoms with Crippen molar-refractivity contribution in [1.82, 2.24) is 19.7 Å². The predicted molar refractivity (Wildman–Crippen MR) is 76.7 cm³/mol. The predicted octanol–water partition coefficient (Wildman–Crippen LogP) is 2.05. The number of hydrogen-bond acceptors (Lipinski definition) is 4. The van der Waals surface area contributed by atoms with E-state index in [0.29, 0.717) is 6.04 Å². The first-order chi connectivity index (χ1) is 8.63. The molecule has 0 aromatic carbocycles. The topological polar surface area (TPSA) is 40.1 Å². The lowest BCUT2D eigenvalue weighted by atomic mass is 10.4. The highest BCUT2D eigenvalue weighted by molar-refractivity contribution is 7.71. The molecule has 1 fully saturated rings. The Hall–Kier alpha value is -0.880. The molecule has 1 aliphatic rings. The third-order valence-corrected chi connectivity index (χ3v) is 3.48. The molecule has 1 heterocycles. The Balaban J connectivity index is 2.16. The van der Waals surface area contributed by atoms with Gasteiger partial charge in [0.15, 0.2) is 4.77 Å². The highest BCUT2D eigenvalue weighted by Crippen LogP contribution is 2.37. The van der Waals surface area contributed by atoms with Gasteiger partial charge in [0.2, 0.25) is 5.95 Å². The number of likely N-dealkylation sites (N-methyl/N-ethyl adjacent to an activating group) is 1. The fourth-order valence-electron chi connectivity index (χ4n) is 2.08. The van der Waals surface area contributed by atoms with Crippen molar-refractivity contribution in [3.8, 4) is 0 Å². The largest absolute Gasteiger partial charge is 0.340 e. The molecule has 0 bridgehead atoms. The molecule has 6 heteroatoms. The molecular weight excluding hydrogens is 246 g/mol. The quantitative estimate of drug-likeness (QED) is 0.769. The minimum absolute atomic E-state index is 0.574. The van der Waals surface area contributed by atoms with Gasteiger partial charge in [0.25, 0.3) is 0 Å². The first-order valence-electron chi connectivity index (χ1n) is 6.70. The van der Waals surface area contributed by atoms with E-state index in [1.165, 1.54) is 12.8 Å². The SMILES string of the molecule is CCCN(CCN(C)C)c1n[nH]c(=S)n1C1CC1. The molecule has 0 spiro atoms. The second-order valence-corrected chi connectivity index (χ2v) is 5.61. The van der Waals surface area contributed by atoms with Crippen LogP contribution >= 0.6 is 12.2 Å². The molecule has 102 valence electrons. The normalized spacial score (nSPS) is 15.3. The monoisotopic (exact) mass is 269 g/mol. The number of H-pyrrole nitrogens is 1. The lowest BCUT2D eigenvalue weighted by Crippen LogP contribution is -2.34. The first kappa shape index (κ1) is 13.5. The van der Waals surface area contributed by atoms with Gasteiger partial charge < -0.3 is 9.80 Å². The fraction of sp³-hybridized carbons (Fsp3) is 0.833. The van der Waals surface area contributed by atoms with E-state index in [9.17, 15) is 0 Å². The van der Waals surface area contributed by atoms with Crippen LogP contribution in [-0.4, -0.2) is 53.4 Å². The van der Waals surface area contributed by atoms with Crippen LogP contribution in [0.2, 0.25) is 0 Å². The van der Waals surface area contributed by atoms with Crippen LogP contribution in [-0.2, 0) is 0 Å². The van der Waals surface area contributed by atoms with E-state index in [0.717, 1.165) is 36.8 Å². The summed E-state index contributed by atoms with van der Waals surface area (Å²) in [5.74, 6) is 1.02. The van der Waals surface area contributed by atoms with Crippen LogP contribution in [0, 0.1) is 4.77 Å². The van der Waals surface area contributed by atoms with Gasteiger partial charge in [0, 0.05) is 25.7 Å². The van der Waals surface area contributed by atoms with E-state index < -0.39 is 0 Å². The maximum atomic E-state index is 5.34. The van der Waals surface area contributed by atoms with Crippen LogP contribution in [0.15, 0.2) is 0 Å². The van der Waals surface area contributed by atoms with Crippen LogP contribution in [0.5, 0.6) is 0 Å². The molecule has 0 atom stereocenters. The molecular formula is C12H23N5S. The zero-order valence-electron chi connectivity index (χ0n) is 11.5. The summed E-state index contributed by atoms with van der Waals surface area (Å²) in [6, 6.07) is 0.574. The van der Waals surface area contributed by atoms with Gasteiger partial charge in [-0.3, -0.25) is 4.57 Å². The Morgan fingerprint density at radius 3 is 2.61 bits per heavy atom. The van der Waals surface area contributed by atoms with Gasteiger partial charge in [0.1, 0.15) is 0 Å². The number of aromatic amines is 1. The number of nitrogens with zero attached hydrogens (tertiary/aromatic N) is 4. The summed E-state index contributed by atoms with van der Waals surface area (Å²) in [5, 5.41) is 7.37. The average molecular weight is 269 g/mol. The van der Waals surface area contributed by atoms with E-state index in [-0.39, 0.29) is 0 Å². The number of hydrogen-bond donors (Lipinski definition) is 1. The van der Waals surface area contributed by atoms with E-state index in [1.54, 1.807) is 0 Å². The molecule has 0 radical (unpaired) electrons. The molecule has 0 amide bonds. The van der Waals surface area contributed by atoms with Crippen molar-refractivity contribution in [2.75, 3.05) is 38.6 Å². The molecule has 1 saturated carbocycles. The Kier molecular flexibility index (Phi) is 4.40. The van der Waals surface area contributed by atoms with Gasteiger partial charge >= 0.3 is 0 Å². The lowest BCUT2D eigenvalue weighted by Gasteiger charge is -2.25. The van der Waals surface area contributed by atoms with E-state index in [4.69, 9.17) is 12.2 Å². The Morgan fingerprint density at radius 2 is 2.06 bits per heavy atom. The van der Waals surface area contributed by atoms with Gasteiger partial charge in [-0.1, -0.05) is 6.92 Å². The highest BCUT2D eigenvalue weighted by atomic mass is 32.1. The number of rotatable bonds is 7. The Morgan fingerprint density at radius 1 is 1.33 bits per heavy atom. The maximum absolute atomic E-state index is 5.34. The van der Waals surface area contributed by atoms with Crippen LogP contribution < -0.4 is 4.90 Å². The van der Waals surface area contributed by atoms with Crippen molar-refractivity contribution in [2.45, 2.75) is 32.2 Å². The van der Waals surface area contributed by atoms with E-state index in [1.807, 2.05) is 0 Å². The van der Waals surface area contributed by atoms with Crippen molar-refractivity contribution >= 4 is 18.2 Å². The summed E-state index contributed by atoms with van der Waals surface area (Å²) in [6.45, 7) is 5.25. The average Bonchev–Trinajstić information content (AvgIpc) is 3.08. The van der Waals surface area contributed by atoms with Crippen LogP contribution in [0.3, 0.4) is 0 Å². The van der Waals surface area contributed by atoms with Crippen molar-refractivity contribution in [2.24, 2.45) is 0 Å². The Labute approximate surface area is 114 Å². The molecule has 0 unspecified atom stereocenters. The summed E-state index contributed by atoms with van der Waals surface area (Å²) >= 11 is 5.34. The van der Waals surface area contributed by atoms with Crippen LogP contribution in [0.4, 0.5) is 5.95 Å². The van der Waals surface area contributed by atoms with Crippen molar-refractivity contribution in [3.63, 3.8) is 0 Å². The van der Waals surface area contributed by atoms with Crippen LogP contribution in [0.1, 0.15) is 32.2 Å². The Bertz CT molecular complexity index is 432. The highest BCUT2D eigenvalue weighted by Gasteiger charge is 2.29. The van der Waals surface area contributed by atoms with Crippen molar-refractivity contribution in [1.29, 1.82) is 0 Å². The molecule has 1 aliphatic carbocycles. The molecule has 2 rings (SSSR count). The standard InChI is InChI=1S/C12H23N5S/c1-4-7-16(9-8-15(2)3)11-13-14-12(18)17(11)10-5-6-10/h10H,4-9H2,1-3H3,(H,14,18). The zero-order valence-corrected chi connectivity index (χ0v) is 12.3. The van der Waals surface area contributed by atoms with Gasteiger partial charge in [-0.05, 0) is 45.6 Å². The molecule has 0 saturated heterocycles. The zero-order chi connectivity index (χ0) is 13.1. The number of anilines is 1. The van der Waals surface area contributed by atoms with Gasteiger partial charge in [-0.25, -0.2) is 5.10 Å². The molecule has 18 heavy (non-hydrogen) atoms. The lowest BCUT2D eigenvalue weighted by molar-refractivity contribution is 0.410. The van der Waals surface area contributed by atoms with Crippen LogP contribution in [0.25, 0.3) is 0 Å². The maximum Gasteiger partial charge on any atom is 0.226 e. The van der Waals surface area contributed by atoms with E-state index >= 15 is 0 Å². The van der Waals surface area contributed by atoms with Gasteiger partial charge in [-0.2, -0.15) is 0 Å². The molecule has 1 aromatic heterocycles. The minimum atomic E-state index is 0.574. The first-order valence-corrected chi connectivity index (χ1v) is 7.11. The molecule has 1 N–H and O–H groups in total. The summed E-state index contributed by atoms with van der Waals surface area (Å²) < 4.78 is 2.96. The summed E-state index contributed by atoms with van der Waals surface area (Å²) in [5.41, 5.74) is 0. The second kappa shape index (κ2) is 5.84. The molecule has 5 nitrogen and oxygen atoms in total. The number of aromatic nitrogens is 3. The van der Waals surface area contributed by atoms with Gasteiger partial charge in [-0.15, -0.1) is 5.10 Å².